The van der Waals surface area contributed by atoms with E-state index >= 15 is 0 Å². The molecule has 14 heteroatoms. The van der Waals surface area contributed by atoms with E-state index in [-0.39, 0.29) is 30.7 Å². The van der Waals surface area contributed by atoms with E-state index in [2.05, 4.69) is 74.4 Å². The van der Waals surface area contributed by atoms with Crippen LogP contribution in [-0.4, -0.2) is 72.3 Å². The average molecular weight is 713 g/mol. The van der Waals surface area contributed by atoms with Gasteiger partial charge in [-0.05, 0) is 78.3 Å². The molecule has 3 aliphatic heterocycles. The Morgan fingerprint density at radius 3 is 2.58 bits per heavy atom. The van der Waals surface area contributed by atoms with Crippen LogP contribution < -0.4 is 21.3 Å². The summed E-state index contributed by atoms with van der Waals surface area (Å²) >= 11 is 0. The highest BCUT2D eigenvalue weighted by Crippen LogP contribution is 2.31. The maximum absolute atomic E-state index is 13.1. The highest BCUT2D eigenvalue weighted by molar-refractivity contribution is 6.05. The smallest absolute Gasteiger partial charge is 0.255 e. The van der Waals surface area contributed by atoms with Crippen molar-refractivity contribution in [2.45, 2.75) is 58.8 Å². The van der Waals surface area contributed by atoms with Gasteiger partial charge in [-0.3, -0.25) is 29.4 Å². The number of piperidine rings is 1. The second-order valence-electron chi connectivity index (χ2n) is 14.0. The molecule has 1 atom stereocenters. The van der Waals surface area contributed by atoms with Gasteiger partial charge in [0, 0.05) is 62.8 Å². The topological polar surface area (TPSA) is 166 Å². The minimum atomic E-state index is -0.660. The second kappa shape index (κ2) is 13.8. The maximum Gasteiger partial charge on any atom is 0.255 e. The highest BCUT2D eigenvalue weighted by Gasteiger charge is 2.39. The van der Waals surface area contributed by atoms with E-state index in [9.17, 15) is 19.2 Å². The van der Waals surface area contributed by atoms with Gasteiger partial charge in [0.1, 0.15) is 6.04 Å². The molecule has 0 spiro atoms. The van der Waals surface area contributed by atoms with Crippen LogP contribution >= 0.6 is 0 Å². The van der Waals surface area contributed by atoms with Crippen molar-refractivity contribution in [1.82, 2.24) is 40.2 Å². The molecule has 1 saturated heterocycles. The number of aromatic nitrogens is 4. The number of imide groups is 1. The zero-order valence-electron chi connectivity index (χ0n) is 29.8. The Labute approximate surface area is 306 Å². The van der Waals surface area contributed by atoms with E-state index in [1.54, 1.807) is 16.9 Å². The van der Waals surface area contributed by atoms with Crippen molar-refractivity contribution in [2.24, 2.45) is 7.05 Å². The number of amides is 4. The molecule has 0 bridgehead atoms. The van der Waals surface area contributed by atoms with E-state index < -0.39 is 11.9 Å². The van der Waals surface area contributed by atoms with Gasteiger partial charge in [-0.15, -0.1) is 0 Å². The van der Waals surface area contributed by atoms with E-state index in [1.165, 1.54) is 10.5 Å². The van der Waals surface area contributed by atoms with Crippen LogP contribution in [-0.2, 0) is 47.5 Å². The van der Waals surface area contributed by atoms with Crippen LogP contribution in [0.25, 0.3) is 11.0 Å². The number of hydrogen-bond donors (Lipinski definition) is 4. The Balaban J connectivity index is 0.871. The summed E-state index contributed by atoms with van der Waals surface area (Å²) in [6, 6.07) is 17.2. The SMILES string of the molecule is Cc1cccc(C)c1Nc1nn(C)c2nc(Nc3ccc4c(c3)CN(CC(=O)NCc3ccc5c(c3)CN(C3CCC(=O)NC3=O)C5=O)CC4)ncc12. The third kappa shape index (κ3) is 6.80. The molecule has 3 aromatic carbocycles. The first-order valence-electron chi connectivity index (χ1n) is 17.8. The number of anilines is 4. The predicted octanol–water partition coefficient (Wildman–Crippen LogP) is 3.90. The summed E-state index contributed by atoms with van der Waals surface area (Å²) in [5.41, 5.74) is 9.46. The Morgan fingerprint density at radius 2 is 1.77 bits per heavy atom. The molecule has 8 rings (SSSR count). The molecule has 53 heavy (non-hydrogen) atoms. The number of carbonyl (C=O) groups is 4. The lowest BCUT2D eigenvalue weighted by atomic mass is 9.99. The number of nitrogens with one attached hydrogen (secondary N) is 4. The molecule has 0 radical (unpaired) electrons. The number of benzene rings is 3. The molecule has 14 nitrogen and oxygen atoms in total. The van der Waals surface area contributed by atoms with E-state index in [0.29, 0.717) is 49.0 Å². The number of aryl methyl sites for hydroxylation is 3. The fraction of sp³-hybridized carbons (Fsp3) is 0.308. The first-order valence-corrected chi connectivity index (χ1v) is 17.8. The quantitative estimate of drug-likeness (QED) is 0.165. The summed E-state index contributed by atoms with van der Waals surface area (Å²) in [5, 5.41) is 17.7. The summed E-state index contributed by atoms with van der Waals surface area (Å²) < 4.78 is 1.75. The van der Waals surface area contributed by atoms with Crippen LogP contribution in [0.2, 0.25) is 0 Å². The van der Waals surface area contributed by atoms with Gasteiger partial charge in [0.05, 0.1) is 11.9 Å². The molecule has 5 aromatic rings. The van der Waals surface area contributed by atoms with Crippen molar-refractivity contribution < 1.29 is 19.2 Å². The molecular weight excluding hydrogens is 672 g/mol. The molecule has 270 valence electrons. The molecule has 1 fully saturated rings. The highest BCUT2D eigenvalue weighted by atomic mass is 16.2. The van der Waals surface area contributed by atoms with Gasteiger partial charge in [-0.1, -0.05) is 36.4 Å². The van der Waals surface area contributed by atoms with Crippen molar-refractivity contribution >= 4 is 57.8 Å². The predicted molar refractivity (Wildman–Crippen MR) is 199 cm³/mol. The maximum atomic E-state index is 13.1. The van der Waals surface area contributed by atoms with Crippen LogP contribution in [0.5, 0.6) is 0 Å². The lowest BCUT2D eigenvalue weighted by Crippen LogP contribution is -2.52. The molecule has 4 amide bonds. The van der Waals surface area contributed by atoms with Crippen molar-refractivity contribution in [3.05, 3.63) is 99.7 Å². The van der Waals surface area contributed by atoms with E-state index in [1.807, 2.05) is 31.3 Å². The van der Waals surface area contributed by atoms with E-state index in [0.717, 1.165) is 57.5 Å². The lowest BCUT2D eigenvalue weighted by molar-refractivity contribution is -0.137. The summed E-state index contributed by atoms with van der Waals surface area (Å²) in [4.78, 5) is 63.1. The standard InChI is InChI=1S/C39H40N10O4/c1-22-5-4-6-23(2)34(22)44-35-30-18-41-39(45-36(30)47(3)46-35)42-28-9-8-25-13-14-48(19-26(25)16-28)21-33(51)40-17-24-7-10-29-27(15-24)20-49(38(29)53)31-11-12-32(50)43-37(31)52/h4-10,15-16,18,31H,11-14,17,19-21H2,1-3H3,(H,40,51)(H,44,46)(H,41,42,45)(H,43,50,52). The number of carbonyl (C=O) groups excluding carboxylic acids is 4. The minimum Gasteiger partial charge on any atom is -0.351 e. The van der Waals surface area contributed by atoms with E-state index in [4.69, 9.17) is 4.98 Å². The van der Waals surface area contributed by atoms with Crippen molar-refractivity contribution in [3.63, 3.8) is 0 Å². The molecule has 0 saturated carbocycles. The number of para-hydroxylation sites is 1. The Morgan fingerprint density at radius 1 is 0.943 bits per heavy atom. The lowest BCUT2D eigenvalue weighted by Gasteiger charge is -2.29. The van der Waals surface area contributed by atoms with Crippen LogP contribution in [0.3, 0.4) is 0 Å². The number of hydrogen-bond acceptors (Lipinski definition) is 10. The van der Waals surface area contributed by atoms with Gasteiger partial charge in [0.15, 0.2) is 11.5 Å². The van der Waals surface area contributed by atoms with Gasteiger partial charge in [0.25, 0.3) is 5.91 Å². The Bertz CT molecular complexity index is 2300. The first kappa shape index (κ1) is 34.0. The monoisotopic (exact) mass is 712 g/mol. The van der Waals surface area contributed by atoms with Crippen molar-refractivity contribution in [3.8, 4) is 0 Å². The molecular formula is C39H40N10O4. The second-order valence-corrected chi connectivity index (χ2v) is 14.0. The first-order chi connectivity index (χ1) is 25.6. The van der Waals surface area contributed by atoms with Gasteiger partial charge >= 0.3 is 0 Å². The van der Waals surface area contributed by atoms with Gasteiger partial charge in [-0.2, -0.15) is 10.1 Å². The van der Waals surface area contributed by atoms with Crippen LogP contribution in [0.15, 0.2) is 60.8 Å². The zero-order valence-corrected chi connectivity index (χ0v) is 29.8. The largest absolute Gasteiger partial charge is 0.351 e. The Hall–Kier alpha value is -6.15. The normalized spacial score (nSPS) is 17.1. The molecule has 2 aromatic heterocycles. The third-order valence-corrected chi connectivity index (χ3v) is 10.3. The van der Waals surface area contributed by atoms with Crippen molar-refractivity contribution in [2.75, 3.05) is 23.7 Å². The molecule has 1 unspecified atom stereocenters. The zero-order chi connectivity index (χ0) is 36.8. The number of rotatable bonds is 9. The third-order valence-electron chi connectivity index (χ3n) is 10.3. The van der Waals surface area contributed by atoms with Crippen LogP contribution in [0.1, 0.15) is 56.6 Å². The summed E-state index contributed by atoms with van der Waals surface area (Å²) in [7, 11) is 1.87. The van der Waals surface area contributed by atoms with Crippen LogP contribution in [0, 0.1) is 13.8 Å². The van der Waals surface area contributed by atoms with Gasteiger partial charge in [0.2, 0.25) is 23.7 Å². The van der Waals surface area contributed by atoms with Gasteiger partial charge in [-0.25, -0.2) is 9.67 Å². The van der Waals surface area contributed by atoms with Crippen LogP contribution in [0.4, 0.5) is 23.1 Å². The molecule has 3 aliphatic rings. The number of nitrogens with zero attached hydrogens (tertiary/aromatic N) is 6. The fourth-order valence-corrected chi connectivity index (χ4v) is 7.48. The molecule has 0 aliphatic carbocycles. The fourth-order valence-electron chi connectivity index (χ4n) is 7.48. The summed E-state index contributed by atoms with van der Waals surface area (Å²) in [6.07, 6.45) is 3.14. The number of fused-ring (bicyclic) bond motifs is 3. The summed E-state index contributed by atoms with van der Waals surface area (Å²) in [6.45, 7) is 6.40. The molecule has 4 N–H and O–H groups in total. The van der Waals surface area contributed by atoms with Gasteiger partial charge < -0.3 is 20.9 Å². The minimum absolute atomic E-state index is 0.0891. The summed E-state index contributed by atoms with van der Waals surface area (Å²) in [5.74, 6) is 0.111. The average Bonchev–Trinajstić information content (AvgIpc) is 3.63. The molecule has 5 heterocycles. The Kier molecular flexibility index (Phi) is 8.82. The van der Waals surface area contributed by atoms with Crippen molar-refractivity contribution in [1.29, 1.82) is 0 Å².